The Morgan fingerprint density at radius 3 is 2.44 bits per heavy atom. The van der Waals surface area contributed by atoms with Gasteiger partial charge >= 0.3 is 0 Å². The Balaban J connectivity index is 1.37. The molecule has 0 radical (unpaired) electrons. The van der Waals surface area contributed by atoms with E-state index in [-0.39, 0.29) is 17.3 Å². The van der Waals surface area contributed by atoms with Crippen LogP contribution in [0.15, 0.2) is 108 Å². The van der Waals surface area contributed by atoms with E-state index in [0.29, 0.717) is 44.6 Å². The predicted octanol–water partition coefficient (Wildman–Crippen LogP) is 10.2. The number of hydrogen-bond acceptors (Lipinski definition) is 10. The van der Waals surface area contributed by atoms with Crippen LogP contribution in [-0.2, 0) is 35.1 Å². The molecule has 0 bridgehead atoms. The van der Waals surface area contributed by atoms with Gasteiger partial charge in [-0.05, 0) is 131 Å². The van der Waals surface area contributed by atoms with Crippen LogP contribution in [0.1, 0.15) is 90.2 Å². The van der Waals surface area contributed by atoms with Crippen LogP contribution in [0.4, 0.5) is 11.4 Å². The molecule has 0 spiro atoms. The lowest BCUT2D eigenvalue weighted by atomic mass is 9.77. The predicted molar refractivity (Wildman–Crippen MR) is 233 cm³/mol. The minimum atomic E-state index is -4.07. The van der Waals surface area contributed by atoms with E-state index in [1.165, 1.54) is 5.56 Å². The summed E-state index contributed by atoms with van der Waals surface area (Å²) in [6, 6.07) is 25.4. The fraction of sp³-hybridized carbons (Fsp3) is 0.391. The number of carbonyl (C=O) groups is 1. The van der Waals surface area contributed by atoms with E-state index in [1.807, 2.05) is 24.3 Å². The van der Waals surface area contributed by atoms with E-state index < -0.39 is 20.9 Å². The first-order valence-electron chi connectivity index (χ1n) is 20.2. The number of benzene rings is 4. The zero-order valence-electron chi connectivity index (χ0n) is 34.2. The van der Waals surface area contributed by atoms with Gasteiger partial charge in [0.15, 0.2) is 5.71 Å². The van der Waals surface area contributed by atoms with Crippen molar-refractivity contribution in [2.75, 3.05) is 30.3 Å². The van der Waals surface area contributed by atoms with E-state index in [4.69, 9.17) is 14.3 Å². The highest BCUT2D eigenvalue weighted by Crippen LogP contribution is 2.51. The van der Waals surface area contributed by atoms with Crippen LogP contribution in [0.2, 0.25) is 0 Å². The summed E-state index contributed by atoms with van der Waals surface area (Å²) in [5, 5.41) is 24.6. The van der Waals surface area contributed by atoms with Crippen molar-refractivity contribution >= 4 is 55.8 Å². The lowest BCUT2D eigenvalue weighted by Gasteiger charge is -2.30. The summed E-state index contributed by atoms with van der Waals surface area (Å²) in [7, 11) is -4.07. The molecule has 11 nitrogen and oxygen atoms in total. The van der Waals surface area contributed by atoms with Crippen LogP contribution >= 0.6 is 12.0 Å². The van der Waals surface area contributed by atoms with Crippen LogP contribution < -0.4 is 9.64 Å². The zero-order chi connectivity index (χ0) is 42.2. The highest BCUT2D eigenvalue weighted by molar-refractivity contribution is 7.94. The van der Waals surface area contributed by atoms with Gasteiger partial charge in [-0.15, -0.1) is 4.33 Å². The molecule has 0 saturated carbocycles. The number of phenols is 1. The van der Waals surface area contributed by atoms with Crippen molar-refractivity contribution in [3.63, 3.8) is 0 Å². The van der Waals surface area contributed by atoms with E-state index >= 15 is 0 Å². The number of ether oxygens (including phenoxy) is 1. The van der Waals surface area contributed by atoms with Gasteiger partial charge in [0, 0.05) is 58.8 Å². The minimum Gasteiger partial charge on any atom is -0.508 e. The van der Waals surface area contributed by atoms with Gasteiger partial charge in [0.25, 0.3) is 10.1 Å². The first-order chi connectivity index (χ1) is 28.2. The van der Waals surface area contributed by atoms with Gasteiger partial charge in [0.2, 0.25) is 5.69 Å². The molecule has 59 heavy (non-hydrogen) atoms. The summed E-state index contributed by atoms with van der Waals surface area (Å²) in [6.45, 7) is 10.3. The first kappa shape index (κ1) is 44.1. The summed E-state index contributed by atoms with van der Waals surface area (Å²) < 4.78 is 46.0. The van der Waals surface area contributed by atoms with E-state index in [1.54, 1.807) is 31.2 Å². The Hall–Kier alpha value is -4.50. The molecule has 0 aromatic heterocycles. The Morgan fingerprint density at radius 1 is 0.932 bits per heavy atom. The molecule has 2 aliphatic heterocycles. The maximum Gasteiger partial charge on any atom is 0.264 e. The maximum atomic E-state index is 11.7. The SMILES string of the molecule is CC(=O)CCCCC[N+]1=C(/C=C/C=C2/N(CCCOc3ccc(O)cc3)c3ccccc3C2(C)CCCCS(=O)(=O)O)C(C)(C)c2c1ccc1ccc(SOOO)cc21. The smallest absolute Gasteiger partial charge is 0.264 e. The summed E-state index contributed by atoms with van der Waals surface area (Å²) in [4.78, 5) is 14.8. The summed E-state index contributed by atoms with van der Waals surface area (Å²) in [5.74, 6) is 0.789. The maximum absolute atomic E-state index is 11.7. The van der Waals surface area contributed by atoms with Gasteiger partial charge < -0.3 is 19.5 Å². The number of unbranched alkanes of at least 4 members (excludes halogenated alkanes) is 3. The molecule has 3 N–H and O–H groups in total. The van der Waals surface area contributed by atoms with Gasteiger partial charge in [0.1, 0.15) is 23.8 Å². The summed E-state index contributed by atoms with van der Waals surface area (Å²) in [5.41, 5.74) is 5.93. The second-order valence-electron chi connectivity index (χ2n) is 16.1. The number of carbonyl (C=O) groups excluding carboxylic acids is 1. The quantitative estimate of drug-likeness (QED) is 0.0184. The largest absolute Gasteiger partial charge is 0.508 e. The van der Waals surface area contributed by atoms with Crippen molar-refractivity contribution in [3.05, 3.63) is 114 Å². The van der Waals surface area contributed by atoms with Crippen molar-refractivity contribution in [2.24, 2.45) is 0 Å². The Morgan fingerprint density at radius 2 is 1.69 bits per heavy atom. The standard InChI is InChI=1S/C46H54N2O9S2/c1-33(49)14-6-5-10-28-48-41-26-20-34-19-25-37(58-57-56-51)32-38(34)44(41)45(2,3)42(48)17-12-18-43-46(4,27-9-11-31-59(52,53)54)39-15-7-8-16-40(39)47(43)29-13-30-55-36-23-21-35(50)22-24-36/h7-8,12,15-26,32H,5-6,9-11,13-14,27-31H2,1-4H3,(H2-,50,51,52,53,54)/p+1. The zero-order valence-corrected chi connectivity index (χ0v) is 35.9. The van der Waals surface area contributed by atoms with E-state index in [0.717, 1.165) is 88.3 Å². The molecule has 0 aliphatic carbocycles. The van der Waals surface area contributed by atoms with Gasteiger partial charge in [-0.25, -0.2) is 5.26 Å². The van der Waals surface area contributed by atoms with Crippen molar-refractivity contribution in [3.8, 4) is 11.5 Å². The summed E-state index contributed by atoms with van der Waals surface area (Å²) in [6.07, 6.45) is 12.2. The van der Waals surface area contributed by atoms with Gasteiger partial charge in [-0.2, -0.15) is 13.0 Å². The Bertz CT molecular complexity index is 2340. The Labute approximate surface area is 351 Å². The minimum absolute atomic E-state index is 0.182. The van der Waals surface area contributed by atoms with Crippen molar-refractivity contribution in [1.82, 2.24) is 0 Å². The molecule has 0 fully saturated rings. The molecule has 0 saturated heterocycles. The molecule has 1 atom stereocenters. The second kappa shape index (κ2) is 19.3. The highest BCUT2D eigenvalue weighted by Gasteiger charge is 2.46. The molecule has 1 unspecified atom stereocenters. The van der Waals surface area contributed by atoms with Crippen LogP contribution in [0.25, 0.3) is 10.8 Å². The lowest BCUT2D eigenvalue weighted by molar-refractivity contribution is -0.438. The van der Waals surface area contributed by atoms with Gasteiger partial charge in [0.05, 0.1) is 29.8 Å². The lowest BCUT2D eigenvalue weighted by Crippen LogP contribution is -2.30. The molecule has 314 valence electrons. The van der Waals surface area contributed by atoms with Crippen molar-refractivity contribution < 1.29 is 46.8 Å². The van der Waals surface area contributed by atoms with Crippen LogP contribution in [0.3, 0.4) is 0 Å². The third kappa shape index (κ3) is 10.5. The van der Waals surface area contributed by atoms with Crippen LogP contribution in [0.5, 0.6) is 11.5 Å². The molecular formula is C46H55N2O9S2+. The number of hydrogen-bond donors (Lipinski definition) is 3. The molecule has 4 aromatic rings. The van der Waals surface area contributed by atoms with Crippen LogP contribution in [0, 0.1) is 0 Å². The number of para-hydroxylation sites is 1. The highest BCUT2D eigenvalue weighted by atomic mass is 32.2. The number of nitrogens with zero attached hydrogens (tertiary/aromatic N) is 2. The number of ketones is 1. The third-order valence-electron chi connectivity index (χ3n) is 11.5. The molecule has 4 aromatic carbocycles. The number of aromatic hydroxyl groups is 1. The van der Waals surface area contributed by atoms with E-state index in [9.17, 15) is 22.9 Å². The average molecular weight is 844 g/mol. The van der Waals surface area contributed by atoms with Crippen molar-refractivity contribution in [2.45, 2.75) is 94.8 Å². The van der Waals surface area contributed by atoms with Gasteiger partial charge in [-0.1, -0.05) is 41.8 Å². The molecule has 2 aliphatic rings. The monoisotopic (exact) mass is 843 g/mol. The van der Waals surface area contributed by atoms with Gasteiger partial charge in [-0.3, -0.25) is 4.55 Å². The fourth-order valence-corrected chi connectivity index (χ4v) is 9.67. The van der Waals surface area contributed by atoms with E-state index in [2.05, 4.69) is 83.8 Å². The number of Topliss-reactive ketones (excluding diaryl/α,β-unsaturated/α-hetero) is 1. The number of allylic oxidation sites excluding steroid dienone is 4. The molecule has 2 heterocycles. The molecular weight excluding hydrogens is 789 g/mol. The Kier molecular flexibility index (Phi) is 14.4. The normalized spacial score (nSPS) is 18.0. The number of anilines is 1. The third-order valence-corrected chi connectivity index (χ3v) is 12.9. The first-order valence-corrected chi connectivity index (χ1v) is 22.6. The number of phenolic OH excluding ortho intramolecular Hbond substituents is 1. The van der Waals surface area contributed by atoms with Crippen molar-refractivity contribution in [1.29, 1.82) is 0 Å². The summed E-state index contributed by atoms with van der Waals surface area (Å²) >= 11 is 0.935. The van der Waals surface area contributed by atoms with Crippen LogP contribution in [-0.4, -0.2) is 64.9 Å². The second-order valence-corrected chi connectivity index (χ2v) is 18.4. The molecule has 0 amide bonds. The topological polar surface area (TPSA) is 146 Å². The average Bonchev–Trinajstić information content (AvgIpc) is 3.57. The molecule has 6 rings (SSSR count). The number of rotatable bonds is 21. The molecule has 13 heteroatoms. The fourth-order valence-electron chi connectivity index (χ4n) is 8.70. The number of fused-ring (bicyclic) bond motifs is 4.